The molecular weight excluding hydrogens is 501 g/mol. The number of alkyl halides is 3. The summed E-state index contributed by atoms with van der Waals surface area (Å²) in [5, 5.41) is 0. The van der Waals surface area contributed by atoms with Crippen LogP contribution in [0, 0.1) is 11.3 Å². The van der Waals surface area contributed by atoms with E-state index >= 15 is 0 Å². The fourth-order valence-electron chi connectivity index (χ4n) is 1.97. The SMILES string of the molecule is C[C@H](I)CC(I)C1(C)C[C@@H]1CCI. The number of halogens is 3. The van der Waals surface area contributed by atoms with Crippen molar-refractivity contribution in [2.24, 2.45) is 11.3 Å². The van der Waals surface area contributed by atoms with Gasteiger partial charge >= 0.3 is 0 Å². The number of hydrogen-bond acceptors (Lipinski definition) is 0. The third-order valence-corrected chi connectivity index (χ3v) is 6.23. The van der Waals surface area contributed by atoms with Gasteiger partial charge in [-0.1, -0.05) is 81.6 Å². The molecule has 78 valence electrons. The first-order valence-electron chi connectivity index (χ1n) is 4.84. The van der Waals surface area contributed by atoms with Crippen LogP contribution in [0.4, 0.5) is 0 Å². The third kappa shape index (κ3) is 3.60. The number of hydrogen-bond donors (Lipinski definition) is 0. The van der Waals surface area contributed by atoms with Gasteiger partial charge in [-0.2, -0.15) is 0 Å². The average molecular weight is 518 g/mol. The highest BCUT2D eigenvalue weighted by molar-refractivity contribution is 14.1. The van der Waals surface area contributed by atoms with Crippen LogP contribution >= 0.6 is 67.8 Å². The van der Waals surface area contributed by atoms with E-state index in [4.69, 9.17) is 0 Å². The van der Waals surface area contributed by atoms with Crippen molar-refractivity contribution in [2.75, 3.05) is 4.43 Å². The maximum Gasteiger partial charge on any atom is 0.0176 e. The molecule has 0 heterocycles. The summed E-state index contributed by atoms with van der Waals surface area (Å²) in [5.74, 6) is 1.03. The van der Waals surface area contributed by atoms with Crippen molar-refractivity contribution in [1.82, 2.24) is 0 Å². The zero-order valence-electron chi connectivity index (χ0n) is 8.19. The van der Waals surface area contributed by atoms with Crippen molar-refractivity contribution >= 4 is 67.8 Å². The van der Waals surface area contributed by atoms with Gasteiger partial charge < -0.3 is 0 Å². The first-order valence-corrected chi connectivity index (χ1v) is 8.86. The Morgan fingerprint density at radius 3 is 2.54 bits per heavy atom. The van der Waals surface area contributed by atoms with Gasteiger partial charge in [0.1, 0.15) is 0 Å². The Kier molecular flexibility index (Phi) is 5.61. The molecule has 1 aliphatic carbocycles. The van der Waals surface area contributed by atoms with Gasteiger partial charge in [0.2, 0.25) is 0 Å². The van der Waals surface area contributed by atoms with E-state index in [1.165, 1.54) is 23.7 Å². The molecule has 13 heavy (non-hydrogen) atoms. The Morgan fingerprint density at radius 2 is 2.08 bits per heavy atom. The Bertz CT molecular complexity index is 170. The summed E-state index contributed by atoms with van der Waals surface area (Å²) in [7, 11) is 0. The fourth-order valence-corrected chi connectivity index (χ4v) is 5.73. The molecule has 1 fully saturated rings. The van der Waals surface area contributed by atoms with Crippen LogP contribution < -0.4 is 0 Å². The van der Waals surface area contributed by atoms with Crippen LogP contribution in [0.25, 0.3) is 0 Å². The summed E-state index contributed by atoms with van der Waals surface area (Å²) in [4.78, 5) is 0. The lowest BCUT2D eigenvalue weighted by atomic mass is 9.98. The van der Waals surface area contributed by atoms with Gasteiger partial charge in [-0.15, -0.1) is 0 Å². The molecule has 0 saturated heterocycles. The second kappa shape index (κ2) is 5.50. The van der Waals surface area contributed by atoms with Gasteiger partial charge in [0.05, 0.1) is 0 Å². The monoisotopic (exact) mass is 518 g/mol. The number of rotatable bonds is 5. The summed E-state index contributed by atoms with van der Waals surface area (Å²) >= 11 is 7.73. The molecule has 0 aliphatic heterocycles. The minimum Gasteiger partial charge on any atom is -0.0864 e. The topological polar surface area (TPSA) is 0 Å². The molecule has 3 heteroatoms. The van der Waals surface area contributed by atoms with Gasteiger partial charge in [0, 0.05) is 7.85 Å². The largest absolute Gasteiger partial charge is 0.0864 e. The summed E-state index contributed by atoms with van der Waals surface area (Å²) in [6.07, 6.45) is 4.30. The highest BCUT2D eigenvalue weighted by atomic mass is 127. The molecule has 0 aromatic heterocycles. The van der Waals surface area contributed by atoms with Crippen molar-refractivity contribution in [3.05, 3.63) is 0 Å². The molecule has 0 spiro atoms. The molecule has 0 N–H and O–H groups in total. The van der Waals surface area contributed by atoms with Gasteiger partial charge in [-0.25, -0.2) is 0 Å². The molecule has 0 bridgehead atoms. The van der Waals surface area contributed by atoms with Gasteiger partial charge in [0.15, 0.2) is 0 Å². The average Bonchev–Trinajstić information content (AvgIpc) is 2.63. The quantitative estimate of drug-likeness (QED) is 0.361. The molecule has 1 aliphatic rings. The zero-order valence-corrected chi connectivity index (χ0v) is 14.7. The lowest BCUT2D eigenvalue weighted by Crippen LogP contribution is -2.17. The van der Waals surface area contributed by atoms with E-state index in [1.54, 1.807) is 0 Å². The lowest BCUT2D eigenvalue weighted by Gasteiger charge is -2.20. The van der Waals surface area contributed by atoms with Crippen LogP contribution in [0.15, 0.2) is 0 Å². The minimum absolute atomic E-state index is 0.686. The summed E-state index contributed by atoms with van der Waals surface area (Å²) in [6.45, 7) is 4.81. The molecule has 2 unspecified atom stereocenters. The van der Waals surface area contributed by atoms with Crippen molar-refractivity contribution in [2.45, 2.75) is 41.0 Å². The van der Waals surface area contributed by atoms with Gasteiger partial charge in [-0.3, -0.25) is 0 Å². The first kappa shape index (κ1) is 13.3. The molecule has 1 saturated carbocycles. The van der Waals surface area contributed by atoms with Crippen molar-refractivity contribution in [3.8, 4) is 0 Å². The predicted molar refractivity (Wildman–Crippen MR) is 85.6 cm³/mol. The van der Waals surface area contributed by atoms with E-state index in [0.29, 0.717) is 5.41 Å². The maximum atomic E-state index is 2.67. The molecule has 0 amide bonds. The molecule has 0 aromatic carbocycles. The van der Waals surface area contributed by atoms with Crippen LogP contribution in [0.3, 0.4) is 0 Å². The molecule has 0 nitrogen and oxygen atoms in total. The van der Waals surface area contributed by atoms with Crippen LogP contribution in [-0.2, 0) is 0 Å². The smallest absolute Gasteiger partial charge is 0.0176 e. The van der Waals surface area contributed by atoms with Crippen LogP contribution in [-0.4, -0.2) is 12.3 Å². The zero-order chi connectivity index (χ0) is 10.1. The molecule has 0 aromatic rings. The minimum atomic E-state index is 0.686. The van der Waals surface area contributed by atoms with Crippen molar-refractivity contribution < 1.29 is 0 Å². The van der Waals surface area contributed by atoms with E-state index < -0.39 is 0 Å². The van der Waals surface area contributed by atoms with E-state index in [1.807, 2.05) is 0 Å². The fraction of sp³-hybridized carbons (Fsp3) is 1.00. The second-order valence-corrected chi connectivity index (χ2v) is 9.08. The van der Waals surface area contributed by atoms with Crippen LogP contribution in [0.1, 0.15) is 33.1 Å². The molecule has 4 atom stereocenters. The normalized spacial score (nSPS) is 37.2. The Morgan fingerprint density at radius 1 is 1.46 bits per heavy atom. The molecule has 1 rings (SSSR count). The van der Waals surface area contributed by atoms with E-state index in [9.17, 15) is 0 Å². The third-order valence-electron chi connectivity index (χ3n) is 3.16. The summed E-state index contributed by atoms with van der Waals surface area (Å²) in [5.41, 5.74) is 0.686. The highest BCUT2D eigenvalue weighted by Gasteiger charge is 2.53. The van der Waals surface area contributed by atoms with E-state index in [0.717, 1.165) is 13.8 Å². The van der Waals surface area contributed by atoms with Gasteiger partial charge in [-0.05, 0) is 35.0 Å². The second-order valence-electron chi connectivity index (χ2n) is 4.37. The molecular formula is C10H17I3. The predicted octanol–water partition coefficient (Wildman–Crippen LogP) is 4.85. The van der Waals surface area contributed by atoms with Crippen LogP contribution in [0.2, 0.25) is 0 Å². The van der Waals surface area contributed by atoms with Crippen molar-refractivity contribution in [1.29, 1.82) is 0 Å². The Hall–Kier alpha value is 2.19. The van der Waals surface area contributed by atoms with Crippen molar-refractivity contribution in [3.63, 3.8) is 0 Å². The lowest BCUT2D eigenvalue weighted by molar-refractivity contribution is 0.472. The summed E-state index contributed by atoms with van der Waals surface area (Å²) in [6, 6.07) is 0. The van der Waals surface area contributed by atoms with E-state index in [2.05, 4.69) is 81.6 Å². The Labute approximate surface area is 123 Å². The summed E-state index contributed by atoms with van der Waals surface area (Å²) < 4.78 is 3.06. The standard InChI is InChI=1S/C10H17I3/c1-7(12)5-9(13)10(2)6-8(10)3-4-11/h7-9H,3-6H2,1-2H3/t7-,8-,9?,10?/m0/s1. The highest BCUT2D eigenvalue weighted by Crippen LogP contribution is 2.60. The first-order chi connectivity index (χ1) is 6.00. The Balaban J connectivity index is 2.35. The molecule has 0 radical (unpaired) electrons. The van der Waals surface area contributed by atoms with Gasteiger partial charge in [0.25, 0.3) is 0 Å². The maximum absolute atomic E-state index is 2.67. The van der Waals surface area contributed by atoms with Crippen LogP contribution in [0.5, 0.6) is 0 Å². The van der Waals surface area contributed by atoms with E-state index in [-0.39, 0.29) is 0 Å².